The van der Waals surface area contributed by atoms with Gasteiger partial charge in [-0.15, -0.1) is 0 Å². The van der Waals surface area contributed by atoms with Gasteiger partial charge in [0.1, 0.15) is 0 Å². The number of benzene rings is 10. The molecule has 10 aromatic carbocycles. The number of aromatic nitrogens is 1. The van der Waals surface area contributed by atoms with Crippen LogP contribution in [0.3, 0.4) is 0 Å². The van der Waals surface area contributed by atoms with Crippen molar-refractivity contribution in [3.63, 3.8) is 0 Å². The molecule has 0 radical (unpaired) electrons. The topological polar surface area (TPSA) is 8.17 Å². The van der Waals surface area contributed by atoms with Gasteiger partial charge in [0.25, 0.3) is 0 Å². The van der Waals surface area contributed by atoms with Crippen molar-refractivity contribution in [2.24, 2.45) is 0 Å². The Bertz CT molecular complexity index is 3230. The van der Waals surface area contributed by atoms with Crippen molar-refractivity contribution in [1.82, 2.24) is 4.57 Å². The molecule has 0 amide bonds. The molecule has 0 aliphatic heterocycles. The normalized spacial score (nSPS) is 11.6. The van der Waals surface area contributed by atoms with Gasteiger partial charge in [-0.2, -0.15) is 0 Å². The molecule has 0 aliphatic rings. The molecule has 0 unspecified atom stereocenters. The van der Waals surface area contributed by atoms with Gasteiger partial charge >= 0.3 is 0 Å². The van der Waals surface area contributed by atoms with Gasteiger partial charge in [0, 0.05) is 33.2 Å². The first-order valence-electron chi connectivity index (χ1n) is 19.7. The van der Waals surface area contributed by atoms with E-state index in [-0.39, 0.29) is 0 Å². The van der Waals surface area contributed by atoms with E-state index in [9.17, 15) is 0 Å². The summed E-state index contributed by atoms with van der Waals surface area (Å²) in [5.74, 6) is 0. The third-order valence-electron chi connectivity index (χ3n) is 11.6. The number of aryl methyl sites for hydroxylation is 1. The molecule has 0 spiro atoms. The molecule has 0 fully saturated rings. The van der Waals surface area contributed by atoms with E-state index in [0.29, 0.717) is 0 Å². The molecule has 0 atom stereocenters. The molecule has 2 nitrogen and oxygen atoms in total. The molecule has 0 saturated carbocycles. The summed E-state index contributed by atoms with van der Waals surface area (Å²) in [6.45, 7) is 2.20. The van der Waals surface area contributed by atoms with Crippen molar-refractivity contribution in [3.8, 4) is 27.9 Å². The van der Waals surface area contributed by atoms with Crippen LogP contribution in [0.5, 0.6) is 0 Å². The van der Waals surface area contributed by atoms with E-state index in [4.69, 9.17) is 0 Å². The monoisotopic (exact) mass is 726 g/mol. The first kappa shape index (κ1) is 33.0. The number of anilines is 3. The molecule has 1 aromatic heterocycles. The van der Waals surface area contributed by atoms with Crippen molar-refractivity contribution in [3.05, 3.63) is 218 Å². The minimum Gasteiger partial charge on any atom is -0.310 e. The van der Waals surface area contributed by atoms with E-state index >= 15 is 0 Å². The van der Waals surface area contributed by atoms with Gasteiger partial charge < -0.3 is 9.47 Å². The summed E-state index contributed by atoms with van der Waals surface area (Å²) in [5, 5.41) is 10.0. The van der Waals surface area contributed by atoms with Crippen LogP contribution >= 0.6 is 0 Å². The van der Waals surface area contributed by atoms with Gasteiger partial charge in [-0.1, -0.05) is 163 Å². The van der Waals surface area contributed by atoms with Gasteiger partial charge in [0.15, 0.2) is 0 Å². The first-order chi connectivity index (χ1) is 28.2. The maximum atomic E-state index is 2.40. The highest BCUT2D eigenvalue weighted by Gasteiger charge is 2.21. The first-order valence-corrected chi connectivity index (χ1v) is 19.7. The third kappa shape index (κ3) is 5.33. The van der Waals surface area contributed by atoms with E-state index < -0.39 is 0 Å². The second-order valence-corrected chi connectivity index (χ2v) is 14.9. The Morgan fingerprint density at radius 2 is 0.877 bits per heavy atom. The van der Waals surface area contributed by atoms with E-state index in [1.807, 2.05) is 0 Å². The van der Waals surface area contributed by atoms with Crippen molar-refractivity contribution in [1.29, 1.82) is 0 Å². The van der Waals surface area contributed by atoms with Gasteiger partial charge in [0.05, 0.1) is 16.7 Å². The van der Waals surface area contributed by atoms with Crippen LogP contribution in [0.4, 0.5) is 17.1 Å². The summed E-state index contributed by atoms with van der Waals surface area (Å²) in [6.07, 6.45) is 0. The van der Waals surface area contributed by atoms with Crippen molar-refractivity contribution in [2.45, 2.75) is 6.92 Å². The van der Waals surface area contributed by atoms with Crippen molar-refractivity contribution >= 4 is 71.2 Å². The fraction of sp³-hybridized carbons (Fsp3) is 0.0182. The Labute approximate surface area is 332 Å². The summed E-state index contributed by atoms with van der Waals surface area (Å²) in [7, 11) is 0. The standard InChI is InChI=1S/C55H38N2/c1-37-30-35-49-50(36-37)55(48-23-9-8-22-47(48)54(49)38-16-4-2-5-17-38)46-26-14-25-43-42(46)24-15-29-51(43)56(39-18-6-3-7-19-39)40-31-33-41(34-32-40)57-52-27-12-10-20-44(52)45-21-11-13-28-53(45)57/h2-36H,1H3. The molecule has 2 heteroatoms. The van der Waals surface area contributed by atoms with Gasteiger partial charge in [-0.05, 0) is 111 Å². The van der Waals surface area contributed by atoms with E-state index in [2.05, 4.69) is 229 Å². The molecule has 1 heterocycles. The zero-order chi connectivity index (χ0) is 37.9. The lowest BCUT2D eigenvalue weighted by atomic mass is 9.84. The average Bonchev–Trinajstić information content (AvgIpc) is 3.61. The third-order valence-corrected chi connectivity index (χ3v) is 11.6. The Kier molecular flexibility index (Phi) is 7.75. The zero-order valence-corrected chi connectivity index (χ0v) is 31.6. The maximum absolute atomic E-state index is 2.40. The summed E-state index contributed by atoms with van der Waals surface area (Å²) < 4.78 is 2.38. The summed E-state index contributed by atoms with van der Waals surface area (Å²) >= 11 is 0. The van der Waals surface area contributed by atoms with Crippen molar-refractivity contribution < 1.29 is 0 Å². The van der Waals surface area contributed by atoms with Crippen LogP contribution < -0.4 is 4.90 Å². The zero-order valence-electron chi connectivity index (χ0n) is 31.6. The lowest BCUT2D eigenvalue weighted by Gasteiger charge is -2.27. The van der Waals surface area contributed by atoms with Gasteiger partial charge in [-0.25, -0.2) is 0 Å². The van der Waals surface area contributed by atoms with E-state index in [1.165, 1.54) is 81.9 Å². The summed E-state index contributed by atoms with van der Waals surface area (Å²) in [6, 6.07) is 77.5. The lowest BCUT2D eigenvalue weighted by Crippen LogP contribution is -2.10. The van der Waals surface area contributed by atoms with Crippen LogP contribution in [0.2, 0.25) is 0 Å². The number of hydrogen-bond acceptors (Lipinski definition) is 1. The molecular weight excluding hydrogens is 689 g/mol. The second-order valence-electron chi connectivity index (χ2n) is 14.9. The van der Waals surface area contributed by atoms with E-state index in [1.54, 1.807) is 0 Å². The highest BCUT2D eigenvalue weighted by Crippen LogP contribution is 2.47. The Balaban J connectivity index is 1.12. The number of hydrogen-bond donors (Lipinski definition) is 0. The quantitative estimate of drug-likeness (QED) is 0.155. The molecule has 0 bridgehead atoms. The second kappa shape index (κ2) is 13.4. The molecule has 57 heavy (non-hydrogen) atoms. The highest BCUT2D eigenvalue weighted by atomic mass is 15.1. The molecule has 0 N–H and O–H groups in total. The number of nitrogens with zero attached hydrogens (tertiary/aromatic N) is 2. The smallest absolute Gasteiger partial charge is 0.0541 e. The molecule has 0 aliphatic carbocycles. The largest absolute Gasteiger partial charge is 0.310 e. The molecule has 268 valence electrons. The lowest BCUT2D eigenvalue weighted by molar-refractivity contribution is 1.17. The van der Waals surface area contributed by atoms with Crippen LogP contribution in [-0.4, -0.2) is 4.57 Å². The van der Waals surface area contributed by atoms with Crippen molar-refractivity contribution in [2.75, 3.05) is 4.90 Å². The number of rotatable bonds is 6. The van der Waals surface area contributed by atoms with Crippen LogP contribution in [-0.2, 0) is 0 Å². The average molecular weight is 727 g/mol. The number of fused-ring (bicyclic) bond motifs is 6. The fourth-order valence-electron chi connectivity index (χ4n) is 9.16. The van der Waals surface area contributed by atoms with Crippen LogP contribution in [0.1, 0.15) is 5.56 Å². The molecule has 11 aromatic rings. The fourth-order valence-corrected chi connectivity index (χ4v) is 9.16. The molecule has 0 saturated heterocycles. The maximum Gasteiger partial charge on any atom is 0.0541 e. The predicted molar refractivity (Wildman–Crippen MR) is 244 cm³/mol. The Morgan fingerprint density at radius 1 is 0.351 bits per heavy atom. The van der Waals surface area contributed by atoms with Crippen LogP contribution in [0.25, 0.3) is 82.1 Å². The van der Waals surface area contributed by atoms with Gasteiger partial charge in [0.2, 0.25) is 0 Å². The molecule has 11 rings (SSSR count). The van der Waals surface area contributed by atoms with Crippen LogP contribution in [0.15, 0.2) is 212 Å². The van der Waals surface area contributed by atoms with Gasteiger partial charge in [-0.3, -0.25) is 0 Å². The number of para-hydroxylation sites is 3. The summed E-state index contributed by atoms with van der Waals surface area (Å²) in [4.78, 5) is 2.40. The minimum absolute atomic E-state index is 1.10. The van der Waals surface area contributed by atoms with Crippen LogP contribution in [0, 0.1) is 6.92 Å². The molecular formula is C55H38N2. The summed E-state index contributed by atoms with van der Waals surface area (Å²) in [5.41, 5.74) is 13.2. The SMILES string of the molecule is Cc1ccc2c(-c3ccccc3)c3ccccc3c(-c3cccc4c(N(c5ccccc5)c5ccc(-n6c7ccccc7c7ccccc76)cc5)cccc34)c2c1. The van der Waals surface area contributed by atoms with E-state index in [0.717, 1.165) is 22.7 Å². The highest BCUT2D eigenvalue weighted by molar-refractivity contribution is 6.24. The minimum atomic E-state index is 1.10. The predicted octanol–water partition coefficient (Wildman–Crippen LogP) is 15.4. The Hall–Kier alpha value is -7.42. The Morgan fingerprint density at radius 3 is 1.58 bits per heavy atom.